The van der Waals surface area contributed by atoms with Crippen molar-refractivity contribution in [1.29, 1.82) is 0 Å². The van der Waals surface area contributed by atoms with E-state index in [0.29, 0.717) is 16.7 Å². The summed E-state index contributed by atoms with van der Waals surface area (Å²) in [6.45, 7) is 0. The lowest BCUT2D eigenvalue weighted by atomic mass is 10.1. The van der Waals surface area contributed by atoms with Gasteiger partial charge >= 0.3 is 29.8 Å². The number of carboxylic acid groups (broad SMARTS) is 1. The Morgan fingerprint density at radius 1 is 0.667 bits per heavy atom. The molecule has 2 aliphatic rings. The van der Waals surface area contributed by atoms with Gasteiger partial charge in [-0.15, -0.1) is 0 Å². The molecule has 0 saturated heterocycles. The van der Waals surface area contributed by atoms with Crippen molar-refractivity contribution < 1.29 is 38.6 Å². The van der Waals surface area contributed by atoms with Crippen LogP contribution in [0.4, 0.5) is 0 Å². The summed E-state index contributed by atoms with van der Waals surface area (Å²) in [5.41, 5.74) is 1.05. The highest BCUT2D eigenvalue weighted by molar-refractivity contribution is 6.14. The normalized spacial score (nSPS) is 13.5. The molecule has 8 heteroatoms. The molecule has 0 spiro atoms. The number of fused-ring (bicyclic) bond motifs is 1. The fourth-order valence-electron chi connectivity index (χ4n) is 1.92. The van der Waals surface area contributed by atoms with Gasteiger partial charge in [0.2, 0.25) is 0 Å². The number of carbonyl (C=O) groups excluding carboxylic acids is 4. The minimum Gasteiger partial charge on any atom is -0.478 e. The maximum absolute atomic E-state index is 10.8. The summed E-state index contributed by atoms with van der Waals surface area (Å²) < 4.78 is 8.33. The Kier molecular flexibility index (Phi) is 6.32. The number of carboxylic acids is 1. The summed E-state index contributed by atoms with van der Waals surface area (Å²) in [6.07, 6.45) is 2.17. The largest absolute Gasteiger partial charge is 0.478 e. The van der Waals surface area contributed by atoms with Gasteiger partial charge in [-0.3, -0.25) is 0 Å². The Morgan fingerprint density at radius 2 is 1.11 bits per heavy atom. The van der Waals surface area contributed by atoms with E-state index < -0.39 is 29.8 Å². The van der Waals surface area contributed by atoms with Gasteiger partial charge in [-0.1, -0.05) is 30.3 Å². The third-order valence-electron chi connectivity index (χ3n) is 3.13. The van der Waals surface area contributed by atoms with E-state index in [1.54, 1.807) is 54.6 Å². The molecule has 4 rings (SSSR count). The molecule has 27 heavy (non-hydrogen) atoms. The first kappa shape index (κ1) is 19.3. The highest BCUT2D eigenvalue weighted by atomic mass is 16.6. The fraction of sp³-hybridized carbons (Fsp3) is 0. The summed E-state index contributed by atoms with van der Waals surface area (Å²) in [7, 11) is 0. The monoisotopic (exact) mass is 368 g/mol. The second kappa shape index (κ2) is 8.86. The lowest BCUT2D eigenvalue weighted by Crippen LogP contribution is -1.96. The molecule has 0 amide bonds. The van der Waals surface area contributed by atoms with Gasteiger partial charge in [0.25, 0.3) is 0 Å². The third-order valence-corrected chi connectivity index (χ3v) is 3.13. The van der Waals surface area contributed by atoms with Crippen molar-refractivity contribution in [2.75, 3.05) is 0 Å². The summed E-state index contributed by atoms with van der Waals surface area (Å²) in [5, 5.41) is 8.38. The van der Waals surface area contributed by atoms with Gasteiger partial charge in [-0.2, -0.15) is 0 Å². The Bertz CT molecular complexity index is 879. The van der Waals surface area contributed by atoms with E-state index in [1.165, 1.54) is 0 Å². The van der Waals surface area contributed by atoms with Gasteiger partial charge in [0, 0.05) is 12.2 Å². The first-order valence-electron chi connectivity index (χ1n) is 7.46. The van der Waals surface area contributed by atoms with E-state index in [1.807, 2.05) is 0 Å². The molecule has 0 aromatic heterocycles. The molecule has 2 heterocycles. The number of aromatic carboxylic acids is 1. The van der Waals surface area contributed by atoms with E-state index in [-0.39, 0.29) is 0 Å². The molecule has 8 nitrogen and oxygen atoms in total. The summed E-state index contributed by atoms with van der Waals surface area (Å²) >= 11 is 0. The zero-order chi connectivity index (χ0) is 19.8. The predicted molar refractivity (Wildman–Crippen MR) is 89.8 cm³/mol. The molecule has 2 aliphatic heterocycles. The van der Waals surface area contributed by atoms with E-state index in [9.17, 15) is 24.0 Å². The average Bonchev–Trinajstić information content (AvgIpc) is 3.19. The van der Waals surface area contributed by atoms with Crippen molar-refractivity contribution in [1.82, 2.24) is 0 Å². The number of hydrogen-bond acceptors (Lipinski definition) is 7. The molecule has 136 valence electrons. The average molecular weight is 368 g/mol. The molecule has 0 fully saturated rings. The highest BCUT2D eigenvalue weighted by Gasteiger charge is 2.28. The first-order valence-corrected chi connectivity index (χ1v) is 7.46. The fourth-order valence-corrected chi connectivity index (χ4v) is 1.92. The number of esters is 4. The molecule has 0 saturated carbocycles. The Balaban J connectivity index is 0.000000149. The summed E-state index contributed by atoms with van der Waals surface area (Å²) in [6, 6.07) is 14.8. The molecule has 0 atom stereocenters. The van der Waals surface area contributed by atoms with Crippen LogP contribution in [0.2, 0.25) is 0 Å². The molecule has 2 aromatic rings. The van der Waals surface area contributed by atoms with Crippen LogP contribution in [0.1, 0.15) is 31.1 Å². The second-order valence-electron chi connectivity index (χ2n) is 4.97. The third kappa shape index (κ3) is 5.46. The van der Waals surface area contributed by atoms with Crippen molar-refractivity contribution in [3.8, 4) is 0 Å². The number of carbonyl (C=O) groups is 5. The van der Waals surface area contributed by atoms with Gasteiger partial charge in [-0.05, 0) is 24.3 Å². The van der Waals surface area contributed by atoms with Crippen LogP contribution in [0.3, 0.4) is 0 Å². The SMILES string of the molecule is O=C(O)c1ccccc1.O=C1C=CC(=O)O1.O=C1OC(=O)c2ccccc21. The quantitative estimate of drug-likeness (QED) is 0.599. The second-order valence-corrected chi connectivity index (χ2v) is 4.97. The van der Waals surface area contributed by atoms with Gasteiger partial charge in [-0.25, -0.2) is 24.0 Å². The van der Waals surface area contributed by atoms with E-state index in [2.05, 4.69) is 9.47 Å². The van der Waals surface area contributed by atoms with Gasteiger partial charge in [0.1, 0.15) is 0 Å². The zero-order valence-corrected chi connectivity index (χ0v) is 13.7. The molecule has 0 bridgehead atoms. The number of hydrogen-bond donors (Lipinski definition) is 1. The standard InChI is InChI=1S/C8H4O3.C7H6O2.C4H2O3/c9-7-5-3-1-2-4-6(5)8(10)11-7;8-7(9)6-4-2-1-3-5-6;5-3-1-2-4(6)7-3/h1-4H;1-5H,(H,8,9);1-2H. The van der Waals surface area contributed by atoms with Crippen LogP contribution in [0, 0.1) is 0 Å². The van der Waals surface area contributed by atoms with Crippen LogP contribution in [0.25, 0.3) is 0 Å². The molecule has 0 aliphatic carbocycles. The van der Waals surface area contributed by atoms with E-state index in [0.717, 1.165) is 12.2 Å². The summed E-state index contributed by atoms with van der Waals surface area (Å²) in [5.74, 6) is -3.14. The van der Waals surface area contributed by atoms with Crippen LogP contribution in [0.5, 0.6) is 0 Å². The number of cyclic esters (lactones) is 4. The van der Waals surface area contributed by atoms with Crippen LogP contribution in [0.15, 0.2) is 66.7 Å². The van der Waals surface area contributed by atoms with Crippen molar-refractivity contribution in [2.24, 2.45) is 0 Å². The lowest BCUT2D eigenvalue weighted by Gasteiger charge is -1.88. The Morgan fingerprint density at radius 3 is 1.44 bits per heavy atom. The lowest BCUT2D eigenvalue weighted by molar-refractivity contribution is -0.150. The van der Waals surface area contributed by atoms with Crippen molar-refractivity contribution in [3.63, 3.8) is 0 Å². The minimum absolute atomic E-state index is 0.331. The highest BCUT2D eigenvalue weighted by Crippen LogP contribution is 2.18. The van der Waals surface area contributed by atoms with Gasteiger partial charge in [0.15, 0.2) is 0 Å². The van der Waals surface area contributed by atoms with Crippen LogP contribution in [-0.4, -0.2) is 35.0 Å². The van der Waals surface area contributed by atoms with Crippen LogP contribution in [-0.2, 0) is 19.1 Å². The van der Waals surface area contributed by atoms with Crippen molar-refractivity contribution in [3.05, 3.63) is 83.4 Å². The van der Waals surface area contributed by atoms with Gasteiger partial charge < -0.3 is 14.6 Å². The molecule has 0 radical (unpaired) electrons. The number of benzene rings is 2. The first-order chi connectivity index (χ1) is 12.9. The van der Waals surface area contributed by atoms with Crippen LogP contribution < -0.4 is 0 Å². The summed E-state index contributed by atoms with van der Waals surface area (Å²) in [4.78, 5) is 51.7. The molecule has 1 N–H and O–H groups in total. The Labute approximate surface area is 152 Å². The van der Waals surface area contributed by atoms with E-state index >= 15 is 0 Å². The smallest absolute Gasteiger partial charge is 0.346 e. The van der Waals surface area contributed by atoms with Crippen molar-refractivity contribution >= 4 is 29.8 Å². The Hall–Kier alpha value is -4.07. The maximum Gasteiger partial charge on any atom is 0.346 e. The molecular formula is C19H12O8. The molecule has 0 unspecified atom stereocenters. The topological polar surface area (TPSA) is 124 Å². The number of ether oxygens (including phenoxy) is 2. The molecule has 2 aromatic carbocycles. The maximum atomic E-state index is 10.8. The van der Waals surface area contributed by atoms with E-state index in [4.69, 9.17) is 5.11 Å². The van der Waals surface area contributed by atoms with Crippen LogP contribution >= 0.6 is 0 Å². The molecular weight excluding hydrogens is 356 g/mol. The number of rotatable bonds is 1. The van der Waals surface area contributed by atoms with Crippen molar-refractivity contribution in [2.45, 2.75) is 0 Å². The zero-order valence-electron chi connectivity index (χ0n) is 13.7. The van der Waals surface area contributed by atoms with Gasteiger partial charge in [0.05, 0.1) is 16.7 Å². The minimum atomic E-state index is -0.879. The predicted octanol–water partition coefficient (Wildman–Crippen LogP) is 2.01.